The van der Waals surface area contributed by atoms with Gasteiger partial charge in [0.2, 0.25) is 6.79 Å². The van der Waals surface area contributed by atoms with E-state index in [1.165, 1.54) is 24.3 Å². The van der Waals surface area contributed by atoms with Crippen LogP contribution in [0.25, 0.3) is 0 Å². The largest absolute Gasteiger partial charge is 0.468 e. The highest BCUT2D eigenvalue weighted by Gasteiger charge is 2.37. The maximum Gasteiger partial charge on any atom is 0.343 e. The zero-order valence-corrected chi connectivity index (χ0v) is 26.5. The van der Waals surface area contributed by atoms with Gasteiger partial charge in [0.1, 0.15) is 28.7 Å². The summed E-state index contributed by atoms with van der Waals surface area (Å²) in [5, 5.41) is 0. The predicted octanol–water partition coefficient (Wildman–Crippen LogP) is 6.82. The topological polar surface area (TPSA) is 100 Å². The normalized spacial score (nSPS) is 16.1. The molecule has 2 aliphatic rings. The Balaban J connectivity index is 1.04. The maximum absolute atomic E-state index is 13.9. The average Bonchev–Trinajstić information content (AvgIpc) is 3.05. The van der Waals surface area contributed by atoms with E-state index >= 15 is 0 Å². The van der Waals surface area contributed by atoms with Crippen molar-refractivity contribution in [1.29, 1.82) is 0 Å². The van der Waals surface area contributed by atoms with Crippen molar-refractivity contribution in [2.75, 3.05) is 60.0 Å². The molecule has 12 heteroatoms. The van der Waals surface area contributed by atoms with E-state index in [2.05, 4.69) is 13.8 Å². The zero-order chi connectivity index (χ0) is 33.1. The molecular formula is C35H40F2O10. The first-order valence-corrected chi connectivity index (χ1v) is 15.5. The van der Waals surface area contributed by atoms with Gasteiger partial charge < -0.3 is 42.6 Å². The first-order valence-electron chi connectivity index (χ1n) is 15.5. The number of rotatable bonds is 19. The van der Waals surface area contributed by atoms with Crippen molar-refractivity contribution in [3.63, 3.8) is 0 Å². The van der Waals surface area contributed by atoms with Crippen molar-refractivity contribution < 1.29 is 56.2 Å². The summed E-state index contributed by atoms with van der Waals surface area (Å²) in [4.78, 5) is 12.7. The highest BCUT2D eigenvalue weighted by Crippen LogP contribution is 2.34. The van der Waals surface area contributed by atoms with E-state index < -0.39 is 18.0 Å². The highest BCUT2D eigenvalue weighted by molar-refractivity contribution is 5.91. The number of esters is 1. The molecule has 0 aromatic heterocycles. The van der Waals surface area contributed by atoms with Crippen molar-refractivity contribution in [2.45, 2.75) is 33.1 Å². The van der Waals surface area contributed by atoms with Gasteiger partial charge >= 0.3 is 5.97 Å². The van der Waals surface area contributed by atoms with Gasteiger partial charge in [-0.2, -0.15) is 0 Å². The Kier molecular flexibility index (Phi) is 11.9. The highest BCUT2D eigenvalue weighted by atomic mass is 19.3. The second-order valence-electron chi connectivity index (χ2n) is 11.7. The summed E-state index contributed by atoms with van der Waals surface area (Å²) in [5.74, 6) is 0.691. The molecule has 0 atom stereocenters. The quantitative estimate of drug-likeness (QED) is 0.0591. The van der Waals surface area contributed by atoms with Crippen LogP contribution < -0.4 is 23.7 Å². The monoisotopic (exact) mass is 658 g/mol. The molecule has 0 bridgehead atoms. The van der Waals surface area contributed by atoms with Crippen LogP contribution in [-0.2, 0) is 18.9 Å². The molecule has 47 heavy (non-hydrogen) atoms. The van der Waals surface area contributed by atoms with Crippen LogP contribution in [0.2, 0.25) is 0 Å². The van der Waals surface area contributed by atoms with Gasteiger partial charge in [-0.3, -0.25) is 0 Å². The van der Waals surface area contributed by atoms with E-state index in [0.717, 1.165) is 18.9 Å². The molecule has 0 saturated carbocycles. The lowest BCUT2D eigenvalue weighted by atomic mass is 9.84. The molecule has 2 heterocycles. The summed E-state index contributed by atoms with van der Waals surface area (Å²) in [6.07, 6.45) is -0.932. The first-order chi connectivity index (χ1) is 22.8. The van der Waals surface area contributed by atoms with E-state index in [1.807, 2.05) is 0 Å². The second-order valence-corrected chi connectivity index (χ2v) is 11.7. The van der Waals surface area contributed by atoms with Crippen LogP contribution >= 0.6 is 0 Å². The summed E-state index contributed by atoms with van der Waals surface area (Å²) in [7, 11) is 0. The fourth-order valence-corrected chi connectivity index (χ4v) is 4.83. The Morgan fingerprint density at radius 1 is 0.681 bits per heavy atom. The molecule has 3 aromatic carbocycles. The second kappa shape index (κ2) is 16.2. The molecule has 0 radical (unpaired) electrons. The van der Waals surface area contributed by atoms with Crippen LogP contribution in [-0.4, -0.2) is 66.0 Å². The number of ether oxygens (including phenoxy) is 9. The third-order valence-electron chi connectivity index (χ3n) is 8.35. The van der Waals surface area contributed by atoms with Crippen LogP contribution in [0.3, 0.4) is 0 Å². The molecule has 0 aliphatic carbocycles. The SMILES string of the molecule is CCC1(COCOc2ccc(OCOc3ccc(OC(=O)c4ccc(OCOCC5(CC)COC5)cc4)cc3C(F)F)cc2)COC1. The smallest absolute Gasteiger partial charge is 0.343 e. The third-order valence-corrected chi connectivity index (χ3v) is 8.35. The van der Waals surface area contributed by atoms with E-state index in [-0.39, 0.29) is 48.3 Å². The zero-order valence-electron chi connectivity index (χ0n) is 26.5. The predicted molar refractivity (Wildman–Crippen MR) is 165 cm³/mol. The number of carbonyl (C=O) groups excluding carboxylic acids is 1. The van der Waals surface area contributed by atoms with E-state index in [4.69, 9.17) is 42.6 Å². The van der Waals surface area contributed by atoms with Crippen LogP contribution in [0.5, 0.6) is 28.7 Å². The standard InChI is InChI=1S/C35H40F2O10/c1-3-34(16-39-17-34)20-41-22-43-26-7-5-25(6-8-26)33(38)47-29-13-14-31(30(15-29)32(36)37)46-24-45-28-11-9-27(10-12-28)44-23-42-21-35(4-2)18-40-19-35/h5-15,32H,3-4,16-24H2,1-2H3. The van der Waals surface area contributed by atoms with Crippen molar-refractivity contribution in [3.8, 4) is 28.7 Å². The molecule has 2 saturated heterocycles. The summed E-state index contributed by atoms with van der Waals surface area (Å²) in [6.45, 7) is 7.95. The van der Waals surface area contributed by atoms with Crippen molar-refractivity contribution in [2.24, 2.45) is 10.8 Å². The van der Waals surface area contributed by atoms with Crippen molar-refractivity contribution >= 4 is 5.97 Å². The molecule has 0 N–H and O–H groups in total. The van der Waals surface area contributed by atoms with Gasteiger partial charge in [-0.25, -0.2) is 13.6 Å². The fraction of sp³-hybridized carbons (Fsp3) is 0.457. The minimum atomic E-state index is -2.88. The average molecular weight is 659 g/mol. The van der Waals surface area contributed by atoms with Gasteiger partial charge in [-0.05, 0) is 79.6 Å². The fourth-order valence-electron chi connectivity index (χ4n) is 4.83. The van der Waals surface area contributed by atoms with Crippen LogP contribution in [0.15, 0.2) is 66.7 Å². The molecule has 3 aromatic rings. The Hall–Kier alpha value is -3.97. The van der Waals surface area contributed by atoms with Gasteiger partial charge in [0.05, 0.1) is 50.8 Å². The summed E-state index contributed by atoms with van der Waals surface area (Å²) in [6, 6.07) is 16.7. The summed E-state index contributed by atoms with van der Waals surface area (Å²) >= 11 is 0. The Morgan fingerprint density at radius 3 is 1.60 bits per heavy atom. The number of hydrogen-bond acceptors (Lipinski definition) is 10. The van der Waals surface area contributed by atoms with Gasteiger partial charge in [-0.1, -0.05) is 13.8 Å². The van der Waals surface area contributed by atoms with Gasteiger partial charge in [0.25, 0.3) is 6.43 Å². The molecule has 5 rings (SSSR count). The Labute approximate surface area is 272 Å². The van der Waals surface area contributed by atoms with Crippen molar-refractivity contribution in [1.82, 2.24) is 0 Å². The first kappa shape index (κ1) is 34.4. The number of carbonyl (C=O) groups is 1. The Morgan fingerprint density at radius 2 is 1.15 bits per heavy atom. The van der Waals surface area contributed by atoms with E-state index in [1.54, 1.807) is 36.4 Å². The lowest BCUT2D eigenvalue weighted by Gasteiger charge is -2.40. The molecule has 254 valence electrons. The summed E-state index contributed by atoms with van der Waals surface area (Å²) < 4.78 is 77.1. The molecule has 10 nitrogen and oxygen atoms in total. The van der Waals surface area contributed by atoms with Crippen molar-refractivity contribution in [3.05, 3.63) is 77.9 Å². The lowest BCUT2D eigenvalue weighted by molar-refractivity contribution is -0.162. The van der Waals surface area contributed by atoms with Crippen LogP contribution in [0.1, 0.15) is 49.0 Å². The van der Waals surface area contributed by atoms with Gasteiger partial charge in [0, 0.05) is 10.8 Å². The molecule has 0 amide bonds. The maximum atomic E-state index is 13.9. The molecule has 2 aliphatic heterocycles. The van der Waals surface area contributed by atoms with Crippen LogP contribution in [0, 0.1) is 10.8 Å². The van der Waals surface area contributed by atoms with Gasteiger partial charge in [0.15, 0.2) is 13.6 Å². The molecule has 0 unspecified atom stereocenters. The molecule has 2 fully saturated rings. The third kappa shape index (κ3) is 9.32. The Bertz CT molecular complexity index is 1410. The number of halogens is 2. The van der Waals surface area contributed by atoms with Gasteiger partial charge in [-0.15, -0.1) is 0 Å². The molecule has 0 spiro atoms. The molecular weight excluding hydrogens is 618 g/mol. The number of benzene rings is 3. The minimum absolute atomic E-state index is 0.0532. The lowest BCUT2D eigenvalue weighted by Crippen LogP contribution is -2.45. The summed E-state index contributed by atoms with van der Waals surface area (Å²) in [5.41, 5.74) is -0.0784. The minimum Gasteiger partial charge on any atom is -0.468 e. The number of alkyl halides is 2. The van der Waals surface area contributed by atoms with Crippen LogP contribution in [0.4, 0.5) is 8.78 Å². The van der Waals surface area contributed by atoms with E-state index in [9.17, 15) is 13.6 Å². The number of hydrogen-bond donors (Lipinski definition) is 0. The van der Waals surface area contributed by atoms with E-state index in [0.29, 0.717) is 56.9 Å².